The molecule has 0 heterocycles. The number of halogens is 5. The first-order chi connectivity index (χ1) is 8.20. The molecule has 5 nitrogen and oxygen atoms in total. The zero-order valence-corrected chi connectivity index (χ0v) is 8.28. The Balaban J connectivity index is 3.23. The quantitative estimate of drug-likeness (QED) is 0.480. The summed E-state index contributed by atoms with van der Waals surface area (Å²) in [6, 6.07) is 2.18. The molecule has 0 unspecified atom stereocenters. The largest absolute Gasteiger partial charge is 0.573 e. The topological polar surface area (TPSA) is 61.6 Å². The lowest BCUT2D eigenvalue weighted by atomic mass is 10.3. The number of ether oxygens (including phenoxy) is 2. The Morgan fingerprint density at radius 1 is 1.28 bits per heavy atom. The second-order valence-electron chi connectivity index (χ2n) is 2.79. The fraction of sp³-hybridized carbons (Fsp3) is 0.250. The van der Waals surface area contributed by atoms with Crippen LogP contribution in [-0.4, -0.2) is 17.9 Å². The van der Waals surface area contributed by atoms with Crippen molar-refractivity contribution >= 4 is 5.69 Å². The Bertz CT molecular complexity index is 448. The lowest BCUT2D eigenvalue weighted by Crippen LogP contribution is -2.18. The number of benzene rings is 1. The highest BCUT2D eigenvalue weighted by Crippen LogP contribution is 2.40. The third-order valence-electron chi connectivity index (χ3n) is 1.59. The molecule has 1 aromatic carbocycles. The SMILES string of the molecule is O=[N+]([O-])c1cccc(OC(F)(F)F)c1OC(F)F. The molecule has 0 bridgehead atoms. The third-order valence-corrected chi connectivity index (χ3v) is 1.59. The molecule has 10 heteroatoms. The van der Waals surface area contributed by atoms with Crippen molar-refractivity contribution < 1.29 is 36.3 Å². The Morgan fingerprint density at radius 2 is 1.89 bits per heavy atom. The van der Waals surface area contributed by atoms with E-state index in [0.29, 0.717) is 12.1 Å². The Kier molecular flexibility index (Phi) is 3.89. The number of nitrogens with zero attached hydrogens (tertiary/aromatic N) is 1. The predicted octanol–water partition coefficient (Wildman–Crippen LogP) is 3.09. The Morgan fingerprint density at radius 3 is 2.33 bits per heavy atom. The molecule has 0 amide bonds. The smallest absolute Gasteiger partial charge is 0.423 e. The first-order valence-electron chi connectivity index (χ1n) is 4.18. The molecular formula is C8H4F5NO4. The monoisotopic (exact) mass is 273 g/mol. The molecule has 100 valence electrons. The lowest BCUT2D eigenvalue weighted by molar-refractivity contribution is -0.386. The molecule has 1 aromatic rings. The highest BCUT2D eigenvalue weighted by molar-refractivity contribution is 5.55. The summed E-state index contributed by atoms with van der Waals surface area (Å²) in [7, 11) is 0. The summed E-state index contributed by atoms with van der Waals surface area (Å²) < 4.78 is 66.9. The van der Waals surface area contributed by atoms with Gasteiger partial charge in [-0.1, -0.05) is 6.07 Å². The third kappa shape index (κ3) is 3.71. The summed E-state index contributed by atoms with van der Waals surface area (Å²) in [6.45, 7) is -3.53. The van der Waals surface area contributed by atoms with E-state index >= 15 is 0 Å². The zero-order valence-electron chi connectivity index (χ0n) is 8.28. The van der Waals surface area contributed by atoms with E-state index in [1.54, 1.807) is 0 Å². The van der Waals surface area contributed by atoms with Crippen LogP contribution in [-0.2, 0) is 0 Å². The average molecular weight is 273 g/mol. The fourth-order valence-corrected chi connectivity index (χ4v) is 1.06. The van der Waals surface area contributed by atoms with Gasteiger partial charge in [0.1, 0.15) is 0 Å². The molecule has 1 rings (SSSR count). The van der Waals surface area contributed by atoms with E-state index in [-0.39, 0.29) is 0 Å². The minimum Gasteiger partial charge on any atom is -0.423 e. The van der Waals surface area contributed by atoms with Gasteiger partial charge in [-0.25, -0.2) is 0 Å². The molecule has 0 fully saturated rings. The van der Waals surface area contributed by atoms with Crippen LogP contribution < -0.4 is 9.47 Å². The van der Waals surface area contributed by atoms with Crippen molar-refractivity contribution in [2.24, 2.45) is 0 Å². The van der Waals surface area contributed by atoms with Gasteiger partial charge in [0.15, 0.2) is 5.75 Å². The number of para-hydroxylation sites is 1. The van der Waals surface area contributed by atoms with E-state index in [4.69, 9.17) is 0 Å². The van der Waals surface area contributed by atoms with Crippen molar-refractivity contribution in [3.63, 3.8) is 0 Å². The molecule has 0 saturated carbocycles. The van der Waals surface area contributed by atoms with Gasteiger partial charge < -0.3 is 9.47 Å². The van der Waals surface area contributed by atoms with Gasteiger partial charge in [-0.05, 0) is 6.07 Å². The maximum Gasteiger partial charge on any atom is 0.573 e. The number of rotatable bonds is 4. The van der Waals surface area contributed by atoms with E-state index in [9.17, 15) is 32.1 Å². The van der Waals surface area contributed by atoms with Gasteiger partial charge in [-0.15, -0.1) is 13.2 Å². The van der Waals surface area contributed by atoms with Crippen LogP contribution in [0.3, 0.4) is 0 Å². The average Bonchev–Trinajstić information content (AvgIpc) is 2.17. The standard InChI is InChI=1S/C8H4F5NO4/c9-7(10)17-6-4(14(15)16)2-1-3-5(6)18-8(11,12)13/h1-3,7H. The molecule has 0 aromatic heterocycles. The van der Waals surface area contributed by atoms with Gasteiger partial charge in [-0.2, -0.15) is 8.78 Å². The molecule has 0 aliphatic rings. The van der Waals surface area contributed by atoms with Gasteiger partial charge in [0, 0.05) is 6.07 Å². The van der Waals surface area contributed by atoms with Crippen molar-refractivity contribution in [1.82, 2.24) is 0 Å². The molecule has 0 radical (unpaired) electrons. The van der Waals surface area contributed by atoms with E-state index < -0.39 is 35.1 Å². The second-order valence-corrected chi connectivity index (χ2v) is 2.79. The lowest BCUT2D eigenvalue weighted by Gasteiger charge is -2.13. The molecule has 18 heavy (non-hydrogen) atoms. The summed E-state index contributed by atoms with van der Waals surface area (Å²) in [5, 5.41) is 10.5. The normalized spacial score (nSPS) is 11.4. The summed E-state index contributed by atoms with van der Waals surface area (Å²) in [5.41, 5.74) is -1.06. The number of nitro benzene ring substituents is 1. The molecular weight excluding hydrogens is 269 g/mol. The second kappa shape index (κ2) is 5.02. The summed E-state index contributed by atoms with van der Waals surface area (Å²) >= 11 is 0. The van der Waals surface area contributed by atoms with Crippen LogP contribution in [0.1, 0.15) is 0 Å². The summed E-state index contributed by atoms with van der Waals surface area (Å²) in [5.74, 6) is -2.49. The molecule has 0 aliphatic carbocycles. The van der Waals surface area contributed by atoms with E-state index in [1.807, 2.05) is 0 Å². The molecule has 0 saturated heterocycles. The first-order valence-corrected chi connectivity index (χ1v) is 4.18. The van der Waals surface area contributed by atoms with Crippen molar-refractivity contribution in [2.75, 3.05) is 0 Å². The van der Waals surface area contributed by atoms with Crippen molar-refractivity contribution in [3.05, 3.63) is 28.3 Å². The van der Waals surface area contributed by atoms with Crippen LogP contribution in [0.4, 0.5) is 27.6 Å². The minimum atomic E-state index is -5.19. The van der Waals surface area contributed by atoms with Crippen LogP contribution in [0.5, 0.6) is 11.5 Å². The van der Waals surface area contributed by atoms with Gasteiger partial charge >= 0.3 is 18.7 Å². The predicted molar refractivity (Wildman–Crippen MR) is 46.4 cm³/mol. The van der Waals surface area contributed by atoms with Crippen LogP contribution in [0.2, 0.25) is 0 Å². The molecule has 0 spiro atoms. The Hall–Kier alpha value is -2.13. The van der Waals surface area contributed by atoms with E-state index in [1.165, 1.54) is 0 Å². The van der Waals surface area contributed by atoms with Crippen LogP contribution >= 0.6 is 0 Å². The summed E-state index contributed by atoms with van der Waals surface area (Å²) in [4.78, 5) is 9.30. The van der Waals surface area contributed by atoms with Gasteiger partial charge in [-0.3, -0.25) is 10.1 Å². The van der Waals surface area contributed by atoms with E-state index in [2.05, 4.69) is 9.47 Å². The highest BCUT2D eigenvalue weighted by atomic mass is 19.4. The van der Waals surface area contributed by atoms with Crippen LogP contribution in [0, 0.1) is 10.1 Å². The molecule has 0 N–H and O–H groups in total. The number of hydrogen-bond acceptors (Lipinski definition) is 4. The van der Waals surface area contributed by atoms with Gasteiger partial charge in [0.2, 0.25) is 5.75 Å². The van der Waals surface area contributed by atoms with Crippen molar-refractivity contribution in [3.8, 4) is 11.5 Å². The van der Waals surface area contributed by atoms with Gasteiger partial charge in [0.05, 0.1) is 4.92 Å². The van der Waals surface area contributed by atoms with Gasteiger partial charge in [0.25, 0.3) is 0 Å². The fourth-order valence-electron chi connectivity index (χ4n) is 1.06. The Labute approximate surface area is 95.9 Å². The first kappa shape index (κ1) is 13.9. The van der Waals surface area contributed by atoms with Crippen LogP contribution in [0.15, 0.2) is 18.2 Å². The van der Waals surface area contributed by atoms with Crippen molar-refractivity contribution in [1.29, 1.82) is 0 Å². The molecule has 0 atom stereocenters. The number of nitro groups is 1. The number of hydrogen-bond donors (Lipinski definition) is 0. The maximum absolute atomic E-state index is 12.0. The molecule has 0 aliphatic heterocycles. The minimum absolute atomic E-state index is 0.623. The van der Waals surface area contributed by atoms with Crippen molar-refractivity contribution in [2.45, 2.75) is 13.0 Å². The highest BCUT2D eigenvalue weighted by Gasteiger charge is 2.35. The number of alkyl halides is 5. The summed E-state index contributed by atoms with van der Waals surface area (Å²) in [6.07, 6.45) is -5.19. The van der Waals surface area contributed by atoms with Crippen LogP contribution in [0.25, 0.3) is 0 Å². The zero-order chi connectivity index (χ0) is 13.9. The van der Waals surface area contributed by atoms with E-state index in [0.717, 1.165) is 6.07 Å². The maximum atomic E-state index is 12.0.